The largest absolute Gasteiger partial charge is 0.352 e. The minimum atomic E-state index is -0.232. The number of nitrogens with zero attached hydrogens (tertiary/aromatic N) is 3. The predicted molar refractivity (Wildman–Crippen MR) is 105 cm³/mol. The third-order valence-corrected chi connectivity index (χ3v) is 4.90. The average Bonchev–Trinajstić information content (AvgIpc) is 2.69. The Morgan fingerprint density at radius 2 is 1.74 bits per heavy atom. The second-order valence-corrected chi connectivity index (χ2v) is 7.13. The molecule has 142 valence electrons. The molecule has 7 heteroatoms. The summed E-state index contributed by atoms with van der Waals surface area (Å²) in [7, 11) is 2.04. The van der Waals surface area contributed by atoms with E-state index in [0.29, 0.717) is 42.2 Å². The van der Waals surface area contributed by atoms with E-state index in [1.807, 2.05) is 31.3 Å². The van der Waals surface area contributed by atoms with Crippen molar-refractivity contribution in [3.05, 3.63) is 64.4 Å². The molecule has 27 heavy (non-hydrogen) atoms. The molecule has 1 aliphatic rings. The number of pyridine rings is 1. The predicted octanol–water partition coefficient (Wildman–Crippen LogP) is 2.10. The molecule has 1 saturated heterocycles. The Hall–Kier alpha value is -2.44. The highest BCUT2D eigenvalue weighted by molar-refractivity contribution is 6.30. The summed E-state index contributed by atoms with van der Waals surface area (Å²) in [5.74, 6) is -0.309. The number of hydrogen-bond acceptors (Lipinski definition) is 4. The second-order valence-electron chi connectivity index (χ2n) is 6.69. The molecule has 0 atom stereocenters. The van der Waals surface area contributed by atoms with E-state index < -0.39 is 0 Å². The van der Waals surface area contributed by atoms with Crippen LogP contribution in [0, 0.1) is 0 Å². The van der Waals surface area contributed by atoms with Gasteiger partial charge in [0.1, 0.15) is 0 Å². The topological polar surface area (TPSA) is 65.5 Å². The molecule has 1 aliphatic heterocycles. The second kappa shape index (κ2) is 8.97. The number of likely N-dealkylation sites (N-methyl/N-ethyl adjacent to an activating group) is 1. The molecular weight excluding hydrogens is 364 g/mol. The number of benzene rings is 1. The number of nitrogens with one attached hydrogen (secondary N) is 1. The Balaban J connectivity index is 1.56. The van der Waals surface area contributed by atoms with Crippen LogP contribution >= 0.6 is 11.6 Å². The van der Waals surface area contributed by atoms with Crippen LogP contribution in [0.25, 0.3) is 0 Å². The number of hydrogen-bond donors (Lipinski definition) is 1. The summed E-state index contributed by atoms with van der Waals surface area (Å²) < 4.78 is 0. The normalized spacial score (nSPS) is 14.8. The summed E-state index contributed by atoms with van der Waals surface area (Å²) in [5, 5.41) is 3.56. The summed E-state index contributed by atoms with van der Waals surface area (Å²) in [5.41, 5.74) is 1.94. The molecule has 2 aromatic rings. The van der Waals surface area contributed by atoms with Crippen LogP contribution in [-0.2, 0) is 6.42 Å². The van der Waals surface area contributed by atoms with Gasteiger partial charge in [-0.15, -0.1) is 0 Å². The van der Waals surface area contributed by atoms with Crippen molar-refractivity contribution in [2.45, 2.75) is 6.42 Å². The first-order valence-electron chi connectivity index (χ1n) is 8.98. The molecule has 1 aromatic carbocycles. The van der Waals surface area contributed by atoms with E-state index in [4.69, 9.17) is 11.6 Å². The lowest BCUT2D eigenvalue weighted by Crippen LogP contribution is -2.47. The summed E-state index contributed by atoms with van der Waals surface area (Å²) in [6.07, 6.45) is 3.71. The van der Waals surface area contributed by atoms with E-state index in [2.05, 4.69) is 15.2 Å². The molecule has 2 heterocycles. The molecule has 0 spiro atoms. The average molecular weight is 387 g/mol. The molecule has 1 N–H and O–H groups in total. The molecular formula is C20H23ClN4O2. The Morgan fingerprint density at radius 3 is 2.44 bits per heavy atom. The zero-order chi connectivity index (χ0) is 19.2. The van der Waals surface area contributed by atoms with Gasteiger partial charge in [0.25, 0.3) is 11.8 Å². The number of carbonyl (C=O) groups is 2. The molecule has 0 unspecified atom stereocenters. The van der Waals surface area contributed by atoms with Crippen LogP contribution in [-0.4, -0.2) is 66.4 Å². The van der Waals surface area contributed by atoms with Gasteiger partial charge < -0.3 is 15.1 Å². The molecule has 0 radical (unpaired) electrons. The highest BCUT2D eigenvalue weighted by atomic mass is 35.5. The van der Waals surface area contributed by atoms with Gasteiger partial charge in [0.15, 0.2) is 0 Å². The Bertz CT molecular complexity index is 802. The van der Waals surface area contributed by atoms with Crippen LogP contribution in [0.1, 0.15) is 26.3 Å². The van der Waals surface area contributed by atoms with Gasteiger partial charge in [0.2, 0.25) is 0 Å². The summed E-state index contributed by atoms with van der Waals surface area (Å²) in [6.45, 7) is 3.57. The highest BCUT2D eigenvalue weighted by Gasteiger charge is 2.21. The van der Waals surface area contributed by atoms with Crippen molar-refractivity contribution < 1.29 is 9.59 Å². The van der Waals surface area contributed by atoms with E-state index in [1.165, 1.54) is 12.4 Å². The summed E-state index contributed by atoms with van der Waals surface area (Å²) >= 11 is 5.87. The van der Waals surface area contributed by atoms with Crippen LogP contribution in [0.2, 0.25) is 5.02 Å². The number of halogens is 1. The SMILES string of the molecule is CN1CCN(C(=O)c2cncc(C(=O)NCCc3ccc(Cl)cc3)c2)CC1. The van der Waals surface area contributed by atoms with Crippen molar-refractivity contribution in [1.29, 1.82) is 0 Å². The summed E-state index contributed by atoms with van der Waals surface area (Å²) in [6, 6.07) is 9.15. The molecule has 1 aromatic heterocycles. The van der Waals surface area contributed by atoms with E-state index in [9.17, 15) is 9.59 Å². The molecule has 2 amide bonds. The first-order valence-corrected chi connectivity index (χ1v) is 9.36. The molecule has 0 saturated carbocycles. The minimum absolute atomic E-state index is 0.0774. The molecule has 0 aliphatic carbocycles. The summed E-state index contributed by atoms with van der Waals surface area (Å²) in [4.78, 5) is 33.1. The van der Waals surface area contributed by atoms with Crippen molar-refractivity contribution in [3.63, 3.8) is 0 Å². The van der Waals surface area contributed by atoms with Crippen molar-refractivity contribution in [3.8, 4) is 0 Å². The van der Waals surface area contributed by atoms with Gasteiger partial charge in [-0.3, -0.25) is 14.6 Å². The van der Waals surface area contributed by atoms with Gasteiger partial charge in [-0.2, -0.15) is 0 Å². The van der Waals surface area contributed by atoms with Gasteiger partial charge in [0.05, 0.1) is 11.1 Å². The van der Waals surface area contributed by atoms with Crippen molar-refractivity contribution in [2.75, 3.05) is 39.8 Å². The van der Waals surface area contributed by atoms with Crippen LogP contribution in [0.4, 0.5) is 0 Å². The van der Waals surface area contributed by atoms with Crippen molar-refractivity contribution in [1.82, 2.24) is 20.1 Å². The van der Waals surface area contributed by atoms with Crippen LogP contribution < -0.4 is 5.32 Å². The number of aromatic nitrogens is 1. The molecule has 1 fully saturated rings. The van der Waals surface area contributed by atoms with E-state index in [1.54, 1.807) is 11.0 Å². The smallest absolute Gasteiger partial charge is 0.255 e. The maximum absolute atomic E-state index is 12.6. The number of carbonyl (C=O) groups excluding carboxylic acids is 2. The number of rotatable bonds is 5. The fourth-order valence-electron chi connectivity index (χ4n) is 2.95. The highest BCUT2D eigenvalue weighted by Crippen LogP contribution is 2.11. The Morgan fingerprint density at radius 1 is 1.07 bits per heavy atom. The number of piperazine rings is 1. The standard InChI is InChI=1S/C20H23ClN4O2/c1-24-8-10-25(11-9-24)20(27)17-12-16(13-22-14-17)19(26)23-7-6-15-2-4-18(21)5-3-15/h2-5,12-14H,6-11H2,1H3,(H,23,26). The van der Waals surface area contributed by atoms with Crippen molar-refractivity contribution in [2.24, 2.45) is 0 Å². The fraction of sp³-hybridized carbons (Fsp3) is 0.350. The first kappa shape index (κ1) is 19.3. The maximum Gasteiger partial charge on any atom is 0.255 e. The number of amides is 2. The van der Waals surface area contributed by atoms with Crippen molar-refractivity contribution >= 4 is 23.4 Å². The Labute approximate surface area is 164 Å². The quantitative estimate of drug-likeness (QED) is 0.854. The van der Waals surface area contributed by atoms with E-state index >= 15 is 0 Å². The van der Waals surface area contributed by atoms with E-state index in [0.717, 1.165) is 18.7 Å². The zero-order valence-electron chi connectivity index (χ0n) is 15.3. The third-order valence-electron chi connectivity index (χ3n) is 4.65. The fourth-order valence-corrected chi connectivity index (χ4v) is 3.07. The van der Waals surface area contributed by atoms with Crippen LogP contribution in [0.3, 0.4) is 0 Å². The van der Waals surface area contributed by atoms with Gasteiger partial charge in [0, 0.05) is 50.1 Å². The van der Waals surface area contributed by atoms with Gasteiger partial charge >= 0.3 is 0 Å². The maximum atomic E-state index is 12.6. The first-order chi connectivity index (χ1) is 13.0. The Kier molecular flexibility index (Phi) is 6.42. The molecule has 6 nitrogen and oxygen atoms in total. The third kappa shape index (κ3) is 5.28. The lowest BCUT2D eigenvalue weighted by atomic mass is 10.1. The van der Waals surface area contributed by atoms with Gasteiger partial charge in [-0.05, 0) is 37.2 Å². The zero-order valence-corrected chi connectivity index (χ0v) is 16.1. The lowest BCUT2D eigenvalue weighted by molar-refractivity contribution is 0.0663. The molecule has 0 bridgehead atoms. The van der Waals surface area contributed by atoms with Gasteiger partial charge in [-0.25, -0.2) is 0 Å². The van der Waals surface area contributed by atoms with E-state index in [-0.39, 0.29) is 11.8 Å². The molecule has 3 rings (SSSR count). The monoisotopic (exact) mass is 386 g/mol. The van der Waals surface area contributed by atoms with Crippen LogP contribution in [0.5, 0.6) is 0 Å². The minimum Gasteiger partial charge on any atom is -0.352 e. The van der Waals surface area contributed by atoms with Gasteiger partial charge in [-0.1, -0.05) is 23.7 Å². The lowest BCUT2D eigenvalue weighted by Gasteiger charge is -2.32. The van der Waals surface area contributed by atoms with Crippen LogP contribution in [0.15, 0.2) is 42.7 Å².